The molecule has 2 aromatic rings. The largest absolute Gasteiger partial charge is 0.619 e. The number of amides is 1. The number of anilines is 1. The summed E-state index contributed by atoms with van der Waals surface area (Å²) >= 11 is 0. The molecule has 8 nitrogen and oxygen atoms in total. The van der Waals surface area contributed by atoms with Crippen LogP contribution in [-0.4, -0.2) is 24.2 Å². The van der Waals surface area contributed by atoms with Gasteiger partial charge in [-0.05, 0) is 19.9 Å². The molecular formula is C16H21N3O5S. The quantitative estimate of drug-likeness (QED) is 0.650. The van der Waals surface area contributed by atoms with Crippen LogP contribution in [0, 0.1) is 5.21 Å². The Bertz CT molecular complexity index is 894. The summed E-state index contributed by atoms with van der Waals surface area (Å²) in [5, 5.41) is 17.6. The normalized spacial score (nSPS) is 12.8. The first-order chi connectivity index (χ1) is 11.4. The van der Waals surface area contributed by atoms with E-state index in [-0.39, 0.29) is 16.1 Å². The van der Waals surface area contributed by atoms with Crippen LogP contribution in [-0.2, 0) is 20.0 Å². The van der Waals surface area contributed by atoms with E-state index in [1.807, 2.05) is 20.8 Å². The lowest BCUT2D eigenvalue weighted by molar-refractivity contribution is -0.607. The summed E-state index contributed by atoms with van der Waals surface area (Å²) in [6.45, 7) is 8.29. The van der Waals surface area contributed by atoms with Crippen molar-refractivity contribution in [2.45, 2.75) is 49.7 Å². The SMILES string of the molecule is CC(C)(C)c1cc(NC(=O)C(C)(C)S(=O)(=O)c2ccc[n+]([O-])c2)no1. The van der Waals surface area contributed by atoms with Crippen LogP contribution in [0.25, 0.3) is 0 Å². The van der Waals surface area contributed by atoms with Gasteiger partial charge in [0.1, 0.15) is 15.4 Å². The third kappa shape index (κ3) is 3.65. The maximum Gasteiger partial charge on any atom is 0.246 e. The molecule has 0 fully saturated rings. The molecule has 0 bridgehead atoms. The smallest absolute Gasteiger partial charge is 0.246 e. The van der Waals surface area contributed by atoms with Crippen LogP contribution < -0.4 is 10.0 Å². The molecule has 2 rings (SSSR count). The highest BCUT2D eigenvalue weighted by molar-refractivity contribution is 7.93. The average molecular weight is 367 g/mol. The molecule has 1 amide bonds. The molecule has 0 atom stereocenters. The first-order valence-corrected chi connectivity index (χ1v) is 9.06. The van der Waals surface area contributed by atoms with Gasteiger partial charge in [-0.15, -0.1) is 0 Å². The standard InChI is InChI=1S/C16H21N3O5S/c1-15(2,3)12-9-13(18-24-12)17-14(20)16(4,5)25(22,23)11-7-6-8-19(21)10-11/h6-10H,1-5H3,(H,17,18,20). The van der Waals surface area contributed by atoms with Crippen LogP contribution in [0.2, 0.25) is 0 Å². The van der Waals surface area contributed by atoms with E-state index in [0.29, 0.717) is 10.5 Å². The van der Waals surface area contributed by atoms with Gasteiger partial charge in [-0.25, -0.2) is 8.42 Å². The Labute approximate surface area is 146 Å². The molecular weight excluding hydrogens is 346 g/mol. The van der Waals surface area contributed by atoms with Crippen molar-refractivity contribution in [1.29, 1.82) is 0 Å². The fourth-order valence-electron chi connectivity index (χ4n) is 1.96. The molecule has 1 N–H and O–H groups in total. The van der Waals surface area contributed by atoms with Crippen molar-refractivity contribution >= 4 is 21.6 Å². The summed E-state index contributed by atoms with van der Waals surface area (Å²) in [5.41, 5.74) is -0.302. The molecule has 136 valence electrons. The van der Waals surface area contributed by atoms with E-state index >= 15 is 0 Å². The number of nitrogens with zero attached hydrogens (tertiary/aromatic N) is 2. The predicted octanol–water partition coefficient (Wildman–Crippen LogP) is 1.80. The van der Waals surface area contributed by atoms with Gasteiger partial charge in [-0.3, -0.25) is 4.79 Å². The fourth-order valence-corrected chi connectivity index (χ4v) is 3.35. The first-order valence-electron chi connectivity index (χ1n) is 7.58. The van der Waals surface area contributed by atoms with Crippen molar-refractivity contribution in [3.63, 3.8) is 0 Å². The summed E-state index contributed by atoms with van der Waals surface area (Å²) in [4.78, 5) is 12.3. The third-order valence-electron chi connectivity index (χ3n) is 3.77. The highest BCUT2D eigenvalue weighted by Crippen LogP contribution is 2.28. The third-order valence-corrected chi connectivity index (χ3v) is 6.16. The van der Waals surface area contributed by atoms with Gasteiger partial charge in [0.2, 0.25) is 5.91 Å². The van der Waals surface area contributed by atoms with Gasteiger partial charge in [0, 0.05) is 17.5 Å². The number of hydrogen-bond acceptors (Lipinski definition) is 6. The summed E-state index contributed by atoms with van der Waals surface area (Å²) in [6.07, 6.45) is 2.08. The van der Waals surface area contributed by atoms with Crippen molar-refractivity contribution in [3.05, 3.63) is 41.6 Å². The van der Waals surface area contributed by atoms with Gasteiger partial charge in [-0.2, -0.15) is 4.73 Å². The lowest BCUT2D eigenvalue weighted by Crippen LogP contribution is -2.45. The van der Waals surface area contributed by atoms with Gasteiger partial charge in [0.25, 0.3) is 0 Å². The molecule has 2 heterocycles. The van der Waals surface area contributed by atoms with Crippen LogP contribution in [0.15, 0.2) is 40.0 Å². The second-order valence-electron chi connectivity index (χ2n) is 7.19. The topological polar surface area (TPSA) is 116 Å². The fraction of sp³-hybridized carbons (Fsp3) is 0.438. The maximum absolute atomic E-state index is 12.7. The van der Waals surface area contributed by atoms with Crippen LogP contribution >= 0.6 is 0 Å². The molecule has 0 aliphatic rings. The van der Waals surface area contributed by atoms with Crippen molar-refractivity contribution < 1.29 is 22.5 Å². The Morgan fingerprint density at radius 2 is 1.92 bits per heavy atom. The van der Waals surface area contributed by atoms with E-state index in [0.717, 1.165) is 12.4 Å². The molecule has 0 aromatic carbocycles. The molecule has 0 spiro atoms. The zero-order valence-corrected chi connectivity index (χ0v) is 15.5. The van der Waals surface area contributed by atoms with Crippen LogP contribution in [0.5, 0.6) is 0 Å². The molecule has 9 heteroatoms. The average Bonchev–Trinajstić information content (AvgIpc) is 2.95. The lowest BCUT2D eigenvalue weighted by atomic mass is 9.93. The molecule has 0 radical (unpaired) electrons. The second-order valence-corrected chi connectivity index (χ2v) is 9.69. The highest BCUT2D eigenvalue weighted by Gasteiger charge is 2.44. The van der Waals surface area contributed by atoms with Crippen molar-refractivity contribution in [3.8, 4) is 0 Å². The van der Waals surface area contributed by atoms with Crippen molar-refractivity contribution in [2.75, 3.05) is 5.32 Å². The number of rotatable bonds is 4. The number of carbonyl (C=O) groups excluding carboxylic acids is 1. The molecule has 25 heavy (non-hydrogen) atoms. The summed E-state index contributed by atoms with van der Waals surface area (Å²) in [7, 11) is -4.09. The molecule has 2 aromatic heterocycles. The second kappa shape index (κ2) is 6.14. The Balaban J connectivity index is 2.29. The molecule has 0 aliphatic carbocycles. The number of carbonyl (C=O) groups is 1. The van der Waals surface area contributed by atoms with E-state index in [1.54, 1.807) is 6.07 Å². The number of nitrogens with one attached hydrogen (secondary N) is 1. The highest BCUT2D eigenvalue weighted by atomic mass is 32.2. The van der Waals surface area contributed by atoms with Crippen molar-refractivity contribution in [1.82, 2.24) is 5.16 Å². The molecule has 0 aliphatic heterocycles. The first kappa shape index (κ1) is 18.9. The minimum absolute atomic E-state index is 0.130. The Kier molecular flexibility index (Phi) is 4.65. The minimum Gasteiger partial charge on any atom is -0.619 e. The Hall–Kier alpha value is -2.42. The van der Waals surface area contributed by atoms with Crippen LogP contribution in [0.4, 0.5) is 5.82 Å². The Morgan fingerprint density at radius 1 is 1.28 bits per heavy atom. The number of hydrogen-bond donors (Lipinski definition) is 1. The molecule has 0 saturated heterocycles. The predicted molar refractivity (Wildman–Crippen MR) is 90.5 cm³/mol. The van der Waals surface area contributed by atoms with E-state index in [1.165, 1.54) is 26.0 Å². The summed E-state index contributed by atoms with van der Waals surface area (Å²) in [6, 6.07) is 4.13. The van der Waals surface area contributed by atoms with Gasteiger partial charge in [0.15, 0.2) is 28.0 Å². The zero-order chi connectivity index (χ0) is 19.0. The van der Waals surface area contributed by atoms with E-state index < -0.39 is 20.5 Å². The van der Waals surface area contributed by atoms with Gasteiger partial charge < -0.3 is 15.0 Å². The maximum atomic E-state index is 12.7. The van der Waals surface area contributed by atoms with Crippen molar-refractivity contribution in [2.24, 2.45) is 0 Å². The minimum atomic E-state index is -4.09. The number of pyridine rings is 1. The van der Waals surface area contributed by atoms with E-state index in [2.05, 4.69) is 10.5 Å². The number of sulfone groups is 1. The summed E-state index contributed by atoms with van der Waals surface area (Å²) < 4.78 is 29.2. The summed E-state index contributed by atoms with van der Waals surface area (Å²) in [5.74, 6) is -0.0911. The van der Waals surface area contributed by atoms with Crippen LogP contribution in [0.1, 0.15) is 40.4 Å². The van der Waals surface area contributed by atoms with Crippen LogP contribution in [0.3, 0.4) is 0 Å². The van der Waals surface area contributed by atoms with E-state index in [9.17, 15) is 18.4 Å². The monoisotopic (exact) mass is 367 g/mol. The number of aromatic nitrogens is 2. The molecule has 0 saturated carbocycles. The van der Waals surface area contributed by atoms with Gasteiger partial charge in [-0.1, -0.05) is 25.9 Å². The zero-order valence-electron chi connectivity index (χ0n) is 14.7. The van der Waals surface area contributed by atoms with Gasteiger partial charge in [0.05, 0.1) is 0 Å². The van der Waals surface area contributed by atoms with Gasteiger partial charge >= 0.3 is 0 Å². The van der Waals surface area contributed by atoms with E-state index in [4.69, 9.17) is 4.52 Å². The Morgan fingerprint density at radius 3 is 2.44 bits per heavy atom. The lowest BCUT2D eigenvalue weighted by Gasteiger charge is -2.22. The molecule has 0 unspecified atom stereocenters.